The third kappa shape index (κ3) is 4.92. The van der Waals surface area contributed by atoms with E-state index in [1.807, 2.05) is 30.3 Å². The number of piperidine rings is 1. The van der Waals surface area contributed by atoms with Gasteiger partial charge in [-0.2, -0.15) is 0 Å². The summed E-state index contributed by atoms with van der Waals surface area (Å²) in [7, 11) is 0. The Bertz CT molecular complexity index is 1260. The maximum atomic E-state index is 13.4. The SMILES string of the molecule is Oc1ccccc1CCN1CCC(Cc2nc3c(O)cccc3n2Cc2ccc(F)cc2)CC1. The number of phenolic OH excluding ortho intramolecular Hbond substituents is 2. The van der Waals surface area contributed by atoms with Gasteiger partial charge in [-0.25, -0.2) is 9.37 Å². The maximum Gasteiger partial charge on any atom is 0.143 e. The molecule has 2 N–H and O–H groups in total. The van der Waals surface area contributed by atoms with E-state index in [2.05, 4.69) is 9.47 Å². The van der Waals surface area contributed by atoms with E-state index >= 15 is 0 Å². The second-order valence-corrected chi connectivity index (χ2v) is 9.25. The molecule has 6 heteroatoms. The van der Waals surface area contributed by atoms with Crippen LogP contribution >= 0.6 is 0 Å². The minimum Gasteiger partial charge on any atom is -0.508 e. The summed E-state index contributed by atoms with van der Waals surface area (Å²) in [5, 5.41) is 20.4. The Balaban J connectivity index is 1.27. The molecule has 34 heavy (non-hydrogen) atoms. The normalized spacial score (nSPS) is 15.2. The first-order valence-electron chi connectivity index (χ1n) is 12.0. The molecule has 0 unspecified atom stereocenters. The first kappa shape index (κ1) is 22.4. The topological polar surface area (TPSA) is 61.5 Å². The Hall–Kier alpha value is -3.38. The molecule has 0 spiro atoms. The van der Waals surface area contributed by atoms with Crippen molar-refractivity contribution in [1.82, 2.24) is 14.5 Å². The predicted molar refractivity (Wildman–Crippen MR) is 132 cm³/mol. The van der Waals surface area contributed by atoms with Crippen LogP contribution in [0.15, 0.2) is 66.7 Å². The third-order valence-corrected chi connectivity index (χ3v) is 6.96. The number of halogens is 1. The van der Waals surface area contributed by atoms with E-state index < -0.39 is 0 Å². The van der Waals surface area contributed by atoms with Crippen molar-refractivity contribution in [2.24, 2.45) is 5.92 Å². The molecule has 5 nitrogen and oxygen atoms in total. The lowest BCUT2D eigenvalue weighted by atomic mass is 9.93. The minimum absolute atomic E-state index is 0.190. The van der Waals surface area contributed by atoms with E-state index in [1.54, 1.807) is 24.3 Å². The highest BCUT2D eigenvalue weighted by molar-refractivity contribution is 5.82. The highest BCUT2D eigenvalue weighted by atomic mass is 19.1. The van der Waals surface area contributed by atoms with Crippen molar-refractivity contribution in [1.29, 1.82) is 0 Å². The number of hydrogen-bond acceptors (Lipinski definition) is 4. The molecule has 4 aromatic rings. The molecule has 3 aromatic carbocycles. The van der Waals surface area contributed by atoms with Crippen molar-refractivity contribution >= 4 is 11.0 Å². The standard InChI is InChI=1S/C28H30FN3O2/c29-23-10-8-21(9-11-23)19-32-24-5-3-7-26(34)28(24)30-27(32)18-20-12-15-31(16-13-20)17-14-22-4-1-2-6-25(22)33/h1-11,20,33-34H,12-19H2. The second-order valence-electron chi connectivity index (χ2n) is 9.25. The smallest absolute Gasteiger partial charge is 0.143 e. The van der Waals surface area contributed by atoms with E-state index in [-0.39, 0.29) is 11.6 Å². The number of phenols is 2. The lowest BCUT2D eigenvalue weighted by Gasteiger charge is -2.32. The second kappa shape index (κ2) is 9.85. The maximum absolute atomic E-state index is 13.4. The number of nitrogens with zero attached hydrogens (tertiary/aromatic N) is 3. The average Bonchev–Trinajstić information content (AvgIpc) is 3.19. The molecule has 0 amide bonds. The molecular weight excluding hydrogens is 429 g/mol. The number of imidazole rings is 1. The van der Waals surface area contributed by atoms with Gasteiger partial charge in [-0.15, -0.1) is 0 Å². The number of hydrogen-bond donors (Lipinski definition) is 2. The van der Waals surface area contributed by atoms with Crippen molar-refractivity contribution < 1.29 is 14.6 Å². The van der Waals surface area contributed by atoms with Crippen LogP contribution < -0.4 is 0 Å². The van der Waals surface area contributed by atoms with Gasteiger partial charge in [0.2, 0.25) is 0 Å². The number of para-hydroxylation sites is 2. The molecule has 1 fully saturated rings. The lowest BCUT2D eigenvalue weighted by Crippen LogP contribution is -2.36. The van der Waals surface area contributed by atoms with Crippen LogP contribution in [0.2, 0.25) is 0 Å². The summed E-state index contributed by atoms with van der Waals surface area (Å²) in [4.78, 5) is 7.29. The van der Waals surface area contributed by atoms with Gasteiger partial charge in [-0.1, -0.05) is 36.4 Å². The zero-order valence-electron chi connectivity index (χ0n) is 19.2. The van der Waals surface area contributed by atoms with Gasteiger partial charge in [0, 0.05) is 19.5 Å². The molecule has 176 valence electrons. The molecular formula is C28H30FN3O2. The molecule has 1 saturated heterocycles. The third-order valence-electron chi connectivity index (χ3n) is 6.96. The molecule has 1 aliphatic heterocycles. The van der Waals surface area contributed by atoms with Gasteiger partial charge in [0.25, 0.3) is 0 Å². The van der Waals surface area contributed by atoms with Gasteiger partial charge in [-0.05, 0) is 79.7 Å². The fourth-order valence-corrected chi connectivity index (χ4v) is 4.96. The van der Waals surface area contributed by atoms with Crippen molar-refractivity contribution in [3.05, 3.63) is 89.5 Å². The first-order chi connectivity index (χ1) is 16.6. The molecule has 0 radical (unpaired) electrons. The van der Waals surface area contributed by atoms with Gasteiger partial charge in [0.05, 0.1) is 5.52 Å². The number of benzene rings is 3. The fourth-order valence-electron chi connectivity index (χ4n) is 4.96. The van der Waals surface area contributed by atoms with Crippen molar-refractivity contribution in [3.8, 4) is 11.5 Å². The molecule has 1 aromatic heterocycles. The molecule has 1 aliphatic rings. The molecule has 0 bridgehead atoms. The van der Waals surface area contributed by atoms with Gasteiger partial charge < -0.3 is 19.7 Å². The first-order valence-corrected chi connectivity index (χ1v) is 12.0. The van der Waals surface area contributed by atoms with Crippen LogP contribution in [-0.2, 0) is 19.4 Å². The zero-order chi connectivity index (χ0) is 23.5. The van der Waals surface area contributed by atoms with E-state index in [0.717, 1.165) is 67.8 Å². The monoisotopic (exact) mass is 459 g/mol. The van der Waals surface area contributed by atoms with E-state index in [9.17, 15) is 14.6 Å². The van der Waals surface area contributed by atoms with Crippen LogP contribution in [0.4, 0.5) is 4.39 Å². The zero-order valence-corrected chi connectivity index (χ0v) is 19.2. The summed E-state index contributed by atoms with van der Waals surface area (Å²) < 4.78 is 15.6. The number of fused-ring (bicyclic) bond motifs is 1. The number of aromatic hydroxyl groups is 2. The van der Waals surface area contributed by atoms with Gasteiger partial charge in [0.15, 0.2) is 0 Å². The van der Waals surface area contributed by atoms with Crippen LogP contribution in [0.3, 0.4) is 0 Å². The molecule has 0 atom stereocenters. The Morgan fingerprint density at radius 3 is 2.38 bits per heavy atom. The van der Waals surface area contributed by atoms with Crippen LogP contribution in [0.5, 0.6) is 11.5 Å². The number of rotatable bonds is 7. The van der Waals surface area contributed by atoms with E-state index in [0.29, 0.717) is 23.7 Å². The molecule has 0 aliphatic carbocycles. The quantitative estimate of drug-likeness (QED) is 0.402. The Kier molecular flexibility index (Phi) is 6.50. The van der Waals surface area contributed by atoms with Crippen LogP contribution in [-0.4, -0.2) is 44.3 Å². The summed E-state index contributed by atoms with van der Waals surface area (Å²) in [5.41, 5.74) is 3.53. The van der Waals surface area contributed by atoms with Crippen LogP contribution in [0.25, 0.3) is 11.0 Å². The van der Waals surface area contributed by atoms with Crippen LogP contribution in [0.1, 0.15) is 29.8 Å². The molecule has 5 rings (SSSR count). The van der Waals surface area contributed by atoms with Crippen molar-refractivity contribution in [2.75, 3.05) is 19.6 Å². The number of likely N-dealkylation sites (tertiary alicyclic amines) is 1. The predicted octanol–water partition coefficient (Wildman–Crippen LogP) is 5.13. The lowest BCUT2D eigenvalue weighted by molar-refractivity contribution is 0.184. The largest absolute Gasteiger partial charge is 0.508 e. The Labute approximate surface area is 199 Å². The molecule has 0 saturated carbocycles. The van der Waals surface area contributed by atoms with E-state index in [1.165, 1.54) is 12.1 Å². The van der Waals surface area contributed by atoms with Gasteiger partial charge in [0.1, 0.15) is 28.7 Å². The highest BCUT2D eigenvalue weighted by Crippen LogP contribution is 2.29. The fraction of sp³-hybridized carbons (Fsp3) is 0.321. The summed E-state index contributed by atoms with van der Waals surface area (Å²) in [5.74, 6) is 1.81. The minimum atomic E-state index is -0.244. The van der Waals surface area contributed by atoms with Gasteiger partial charge in [-0.3, -0.25) is 0 Å². The highest BCUT2D eigenvalue weighted by Gasteiger charge is 2.23. The van der Waals surface area contributed by atoms with Crippen LogP contribution in [0, 0.1) is 11.7 Å². The van der Waals surface area contributed by atoms with Crippen molar-refractivity contribution in [3.63, 3.8) is 0 Å². The summed E-state index contributed by atoms with van der Waals surface area (Å²) in [6.07, 6.45) is 3.88. The number of aromatic nitrogens is 2. The Morgan fingerprint density at radius 1 is 0.882 bits per heavy atom. The van der Waals surface area contributed by atoms with Gasteiger partial charge >= 0.3 is 0 Å². The van der Waals surface area contributed by atoms with Crippen molar-refractivity contribution in [2.45, 2.75) is 32.2 Å². The molecule has 2 heterocycles. The van der Waals surface area contributed by atoms with E-state index in [4.69, 9.17) is 4.98 Å². The average molecular weight is 460 g/mol. The summed E-state index contributed by atoms with van der Waals surface area (Å²) in [6.45, 7) is 3.60. The summed E-state index contributed by atoms with van der Waals surface area (Å²) >= 11 is 0. The Morgan fingerprint density at radius 2 is 1.62 bits per heavy atom. The summed E-state index contributed by atoms with van der Waals surface area (Å²) in [6, 6.07) is 19.6.